The van der Waals surface area contributed by atoms with Gasteiger partial charge in [-0.05, 0) is 18.4 Å². The molecule has 0 radical (unpaired) electrons. The van der Waals surface area contributed by atoms with E-state index in [9.17, 15) is 4.79 Å². The molecule has 1 aromatic carbocycles. The second-order valence-electron chi connectivity index (χ2n) is 6.23. The molecule has 4 rings (SSSR count). The number of carbonyl (C=O) groups is 1. The molecule has 3 aliphatic rings. The van der Waals surface area contributed by atoms with Gasteiger partial charge in [0.2, 0.25) is 5.91 Å². The highest BCUT2D eigenvalue weighted by Gasteiger charge is 2.47. The van der Waals surface area contributed by atoms with E-state index >= 15 is 0 Å². The number of ether oxygens (including phenoxy) is 1. The van der Waals surface area contributed by atoms with Crippen molar-refractivity contribution in [2.45, 2.75) is 31.0 Å². The van der Waals surface area contributed by atoms with Gasteiger partial charge in [-0.25, -0.2) is 5.43 Å². The Morgan fingerprint density at radius 1 is 1.29 bits per heavy atom. The molecule has 1 aliphatic carbocycles. The Morgan fingerprint density at radius 2 is 2.14 bits per heavy atom. The number of hydrazine groups is 1. The summed E-state index contributed by atoms with van der Waals surface area (Å²) in [5.74, 6) is 0.622. The SMILES string of the molecule is O=C(N[C@@H]1C[C@H]2OCC[C@@H]12)C1CNNC1c1ccccc1. The van der Waals surface area contributed by atoms with Crippen molar-refractivity contribution >= 4 is 5.91 Å². The van der Waals surface area contributed by atoms with Crippen molar-refractivity contribution < 1.29 is 9.53 Å². The van der Waals surface area contributed by atoms with Crippen LogP contribution in [0.4, 0.5) is 0 Å². The highest BCUT2D eigenvalue weighted by molar-refractivity contribution is 5.80. The van der Waals surface area contributed by atoms with Crippen molar-refractivity contribution in [2.24, 2.45) is 11.8 Å². The Labute approximate surface area is 124 Å². The summed E-state index contributed by atoms with van der Waals surface area (Å²) >= 11 is 0. The van der Waals surface area contributed by atoms with E-state index < -0.39 is 0 Å². The minimum absolute atomic E-state index is 0.0434. The third kappa shape index (κ3) is 2.35. The van der Waals surface area contributed by atoms with Crippen LogP contribution in [0.3, 0.4) is 0 Å². The zero-order chi connectivity index (χ0) is 14.2. The lowest BCUT2D eigenvalue weighted by atomic mass is 9.76. The number of benzene rings is 1. The molecule has 0 bridgehead atoms. The summed E-state index contributed by atoms with van der Waals surface area (Å²) in [6.07, 6.45) is 2.44. The van der Waals surface area contributed by atoms with Gasteiger partial charge in [0.25, 0.3) is 0 Å². The maximum absolute atomic E-state index is 12.6. The predicted molar refractivity (Wildman–Crippen MR) is 78.2 cm³/mol. The summed E-state index contributed by atoms with van der Waals surface area (Å²) in [4.78, 5) is 12.6. The summed E-state index contributed by atoms with van der Waals surface area (Å²) < 4.78 is 5.60. The predicted octanol–water partition coefficient (Wildman–Crippen LogP) is 0.745. The van der Waals surface area contributed by atoms with Crippen LogP contribution in [0.1, 0.15) is 24.4 Å². The molecule has 1 aromatic rings. The third-order valence-electron chi connectivity index (χ3n) is 5.07. The number of fused-ring (bicyclic) bond motifs is 1. The van der Waals surface area contributed by atoms with Gasteiger partial charge in [0, 0.05) is 25.1 Å². The van der Waals surface area contributed by atoms with Crippen LogP contribution in [-0.2, 0) is 9.53 Å². The monoisotopic (exact) mass is 287 g/mol. The largest absolute Gasteiger partial charge is 0.378 e. The molecule has 2 aliphatic heterocycles. The van der Waals surface area contributed by atoms with Gasteiger partial charge in [0.1, 0.15) is 0 Å². The molecule has 21 heavy (non-hydrogen) atoms. The fourth-order valence-electron chi connectivity index (χ4n) is 3.77. The van der Waals surface area contributed by atoms with Crippen LogP contribution in [0.5, 0.6) is 0 Å². The lowest BCUT2D eigenvalue weighted by molar-refractivity contribution is -0.128. The van der Waals surface area contributed by atoms with Crippen molar-refractivity contribution in [3.05, 3.63) is 35.9 Å². The van der Waals surface area contributed by atoms with E-state index in [-0.39, 0.29) is 17.9 Å². The first kappa shape index (κ1) is 13.2. The first-order valence-electron chi connectivity index (χ1n) is 7.78. The average Bonchev–Trinajstić information content (AvgIpc) is 3.12. The van der Waals surface area contributed by atoms with Crippen molar-refractivity contribution in [1.82, 2.24) is 16.2 Å². The van der Waals surface area contributed by atoms with Crippen LogP contribution in [-0.4, -0.2) is 31.2 Å². The molecule has 3 N–H and O–H groups in total. The molecule has 1 saturated carbocycles. The molecule has 3 fully saturated rings. The first-order valence-corrected chi connectivity index (χ1v) is 7.78. The summed E-state index contributed by atoms with van der Waals surface area (Å²) in [5.41, 5.74) is 7.50. The molecule has 2 heterocycles. The Hall–Kier alpha value is -1.43. The van der Waals surface area contributed by atoms with E-state index in [0.717, 1.165) is 25.0 Å². The molecule has 1 amide bonds. The standard InChI is InChI=1S/C16H21N3O2/c20-16(18-13-8-14-11(13)6-7-21-14)12-9-17-19-15(12)10-4-2-1-3-5-10/h1-5,11-15,17,19H,6-9H2,(H,18,20)/t11-,12?,13+,14+,15?/m0/s1. The van der Waals surface area contributed by atoms with E-state index in [4.69, 9.17) is 4.74 Å². The van der Waals surface area contributed by atoms with E-state index in [1.807, 2.05) is 18.2 Å². The van der Waals surface area contributed by atoms with Crippen LogP contribution >= 0.6 is 0 Å². The Morgan fingerprint density at radius 3 is 2.95 bits per heavy atom. The molecule has 5 atom stereocenters. The minimum atomic E-state index is -0.0613. The number of carbonyl (C=O) groups excluding carboxylic acids is 1. The number of hydrogen-bond donors (Lipinski definition) is 3. The Kier molecular flexibility index (Phi) is 3.41. The van der Waals surface area contributed by atoms with E-state index in [1.54, 1.807) is 0 Å². The Balaban J connectivity index is 1.41. The van der Waals surface area contributed by atoms with Crippen molar-refractivity contribution in [2.75, 3.05) is 13.2 Å². The summed E-state index contributed by atoms with van der Waals surface area (Å²) in [5, 5.41) is 3.23. The maximum atomic E-state index is 12.6. The van der Waals surface area contributed by atoms with Gasteiger partial charge in [-0.15, -0.1) is 0 Å². The van der Waals surface area contributed by atoms with Crippen LogP contribution in [0.2, 0.25) is 0 Å². The molecule has 0 aromatic heterocycles. The van der Waals surface area contributed by atoms with E-state index in [0.29, 0.717) is 24.6 Å². The molecular formula is C16H21N3O2. The van der Waals surface area contributed by atoms with Gasteiger partial charge in [0.05, 0.1) is 18.1 Å². The van der Waals surface area contributed by atoms with E-state index in [1.165, 1.54) is 0 Å². The van der Waals surface area contributed by atoms with Crippen molar-refractivity contribution in [1.29, 1.82) is 0 Å². The molecule has 0 spiro atoms. The summed E-state index contributed by atoms with van der Waals surface area (Å²) in [6.45, 7) is 1.52. The number of amides is 1. The highest BCUT2D eigenvalue weighted by Crippen LogP contribution is 2.39. The Bertz CT molecular complexity index is 522. The normalized spacial score (nSPS) is 37.8. The van der Waals surface area contributed by atoms with Crippen molar-refractivity contribution in [3.8, 4) is 0 Å². The topological polar surface area (TPSA) is 62.4 Å². The third-order valence-corrected chi connectivity index (χ3v) is 5.07. The van der Waals surface area contributed by atoms with Crippen LogP contribution < -0.4 is 16.2 Å². The fraction of sp³-hybridized carbons (Fsp3) is 0.562. The molecule has 2 saturated heterocycles. The molecule has 5 heteroatoms. The van der Waals surface area contributed by atoms with Gasteiger partial charge in [0.15, 0.2) is 0 Å². The van der Waals surface area contributed by atoms with Crippen LogP contribution in [0.25, 0.3) is 0 Å². The fourth-order valence-corrected chi connectivity index (χ4v) is 3.77. The second-order valence-corrected chi connectivity index (χ2v) is 6.23. The number of rotatable bonds is 3. The number of hydrogen-bond acceptors (Lipinski definition) is 4. The number of nitrogens with one attached hydrogen (secondary N) is 3. The molecule has 5 nitrogen and oxygen atoms in total. The maximum Gasteiger partial charge on any atom is 0.226 e. The summed E-state index contributed by atoms with van der Waals surface area (Å²) in [7, 11) is 0. The average molecular weight is 287 g/mol. The van der Waals surface area contributed by atoms with Crippen molar-refractivity contribution in [3.63, 3.8) is 0 Å². The molecule has 2 unspecified atom stereocenters. The first-order chi connectivity index (χ1) is 10.3. The van der Waals surface area contributed by atoms with Gasteiger partial charge < -0.3 is 10.1 Å². The van der Waals surface area contributed by atoms with Gasteiger partial charge in [-0.1, -0.05) is 30.3 Å². The highest BCUT2D eigenvalue weighted by atomic mass is 16.5. The lowest BCUT2D eigenvalue weighted by Gasteiger charge is -2.40. The van der Waals surface area contributed by atoms with Gasteiger partial charge in [-0.3, -0.25) is 10.2 Å². The van der Waals surface area contributed by atoms with Crippen LogP contribution in [0.15, 0.2) is 30.3 Å². The summed E-state index contributed by atoms with van der Waals surface area (Å²) in [6, 6.07) is 10.5. The molecule has 112 valence electrons. The van der Waals surface area contributed by atoms with Crippen LogP contribution in [0, 0.1) is 11.8 Å². The zero-order valence-corrected chi connectivity index (χ0v) is 11.9. The lowest BCUT2D eigenvalue weighted by Crippen LogP contribution is -2.55. The molecular weight excluding hydrogens is 266 g/mol. The zero-order valence-electron chi connectivity index (χ0n) is 11.9. The second kappa shape index (κ2) is 5.40. The van der Waals surface area contributed by atoms with Gasteiger partial charge in [-0.2, -0.15) is 0 Å². The van der Waals surface area contributed by atoms with Gasteiger partial charge >= 0.3 is 0 Å². The minimum Gasteiger partial charge on any atom is -0.378 e. The van der Waals surface area contributed by atoms with E-state index in [2.05, 4.69) is 28.3 Å². The smallest absolute Gasteiger partial charge is 0.226 e. The quantitative estimate of drug-likeness (QED) is 0.767.